The number of anilines is 1. The first kappa shape index (κ1) is 17.1. The quantitative estimate of drug-likeness (QED) is 0.917. The zero-order valence-electron chi connectivity index (χ0n) is 15.4. The van der Waals surface area contributed by atoms with Gasteiger partial charge in [0.1, 0.15) is 12.4 Å². The van der Waals surface area contributed by atoms with E-state index in [0.717, 1.165) is 42.9 Å². The zero-order chi connectivity index (χ0) is 18.1. The molecule has 0 amide bonds. The summed E-state index contributed by atoms with van der Waals surface area (Å²) in [7, 11) is 0. The van der Waals surface area contributed by atoms with E-state index >= 15 is 0 Å². The van der Waals surface area contributed by atoms with E-state index in [9.17, 15) is 4.79 Å². The third-order valence-electron chi connectivity index (χ3n) is 5.63. The largest absolute Gasteiger partial charge is 0.487 e. The second-order valence-corrected chi connectivity index (χ2v) is 7.05. The molecule has 138 valence electrons. The minimum absolute atomic E-state index is 0.0737. The summed E-state index contributed by atoms with van der Waals surface area (Å²) in [6.45, 7) is 6.72. The minimum Gasteiger partial charge on any atom is -0.487 e. The van der Waals surface area contributed by atoms with E-state index < -0.39 is 0 Å². The van der Waals surface area contributed by atoms with Crippen molar-refractivity contribution in [3.8, 4) is 5.75 Å². The van der Waals surface area contributed by atoms with E-state index in [1.807, 2.05) is 24.3 Å². The maximum atomic E-state index is 12.8. The zero-order valence-corrected chi connectivity index (χ0v) is 15.4. The van der Waals surface area contributed by atoms with Gasteiger partial charge in [-0.25, -0.2) is 4.98 Å². The van der Waals surface area contributed by atoms with Crippen molar-refractivity contribution in [1.82, 2.24) is 9.97 Å². The van der Waals surface area contributed by atoms with Crippen LogP contribution in [0.2, 0.25) is 0 Å². The summed E-state index contributed by atoms with van der Waals surface area (Å²) in [5, 5.41) is 0. The molecule has 0 unspecified atom stereocenters. The van der Waals surface area contributed by atoms with Crippen molar-refractivity contribution >= 4 is 5.95 Å². The van der Waals surface area contributed by atoms with Crippen LogP contribution in [0.1, 0.15) is 43.5 Å². The Hall–Kier alpha value is -2.34. The Morgan fingerprint density at radius 3 is 2.88 bits per heavy atom. The van der Waals surface area contributed by atoms with Crippen molar-refractivity contribution < 1.29 is 9.47 Å². The SMILES string of the molecule is CCC1(CC)CN(c2nc3c(c(=O)[nH]2)Cc2ccccc2OC3)CCO1. The van der Waals surface area contributed by atoms with E-state index in [2.05, 4.69) is 23.7 Å². The molecular weight excluding hydrogens is 330 g/mol. The molecule has 2 aliphatic heterocycles. The van der Waals surface area contributed by atoms with Crippen LogP contribution in [-0.4, -0.2) is 35.3 Å². The molecule has 1 N–H and O–H groups in total. The number of hydrogen-bond acceptors (Lipinski definition) is 5. The number of aromatic amines is 1. The Balaban J connectivity index is 1.67. The smallest absolute Gasteiger partial charge is 0.256 e. The summed E-state index contributed by atoms with van der Waals surface area (Å²) >= 11 is 0. The number of benzene rings is 1. The maximum Gasteiger partial charge on any atom is 0.256 e. The fraction of sp³-hybridized carbons (Fsp3) is 0.500. The Labute approximate surface area is 153 Å². The average Bonchev–Trinajstić information content (AvgIpc) is 2.88. The van der Waals surface area contributed by atoms with Gasteiger partial charge >= 0.3 is 0 Å². The van der Waals surface area contributed by atoms with Gasteiger partial charge in [0.15, 0.2) is 0 Å². The highest BCUT2D eigenvalue weighted by molar-refractivity contribution is 5.42. The van der Waals surface area contributed by atoms with Crippen LogP contribution in [0.5, 0.6) is 5.75 Å². The molecule has 0 spiro atoms. The van der Waals surface area contributed by atoms with E-state index in [1.165, 1.54) is 0 Å². The molecule has 0 atom stereocenters. The maximum absolute atomic E-state index is 12.8. The van der Waals surface area contributed by atoms with Crippen molar-refractivity contribution in [3.63, 3.8) is 0 Å². The van der Waals surface area contributed by atoms with Gasteiger partial charge in [-0.05, 0) is 24.5 Å². The van der Waals surface area contributed by atoms with Gasteiger partial charge in [-0.15, -0.1) is 0 Å². The third-order valence-corrected chi connectivity index (χ3v) is 5.63. The van der Waals surface area contributed by atoms with E-state index in [-0.39, 0.29) is 11.2 Å². The molecule has 1 saturated heterocycles. The fourth-order valence-corrected chi connectivity index (χ4v) is 3.81. The Kier molecular flexibility index (Phi) is 4.44. The summed E-state index contributed by atoms with van der Waals surface area (Å²) in [4.78, 5) is 22.7. The number of nitrogens with zero attached hydrogens (tertiary/aromatic N) is 2. The molecule has 0 aliphatic carbocycles. The van der Waals surface area contributed by atoms with Crippen LogP contribution >= 0.6 is 0 Å². The first-order valence-electron chi connectivity index (χ1n) is 9.36. The van der Waals surface area contributed by atoms with Crippen LogP contribution in [0.25, 0.3) is 0 Å². The number of morpholine rings is 1. The molecule has 4 rings (SSSR count). The number of hydrogen-bond donors (Lipinski definition) is 1. The standard InChI is InChI=1S/C20H25N3O3/c1-3-20(4-2)13-23(9-10-26-20)19-21-16-12-25-17-8-6-5-7-14(17)11-15(16)18(24)22-19/h5-8H,3-4,9-13H2,1-2H3,(H,21,22,24). The highest BCUT2D eigenvalue weighted by Crippen LogP contribution is 2.29. The number of H-pyrrole nitrogens is 1. The number of ether oxygens (including phenoxy) is 2. The van der Waals surface area contributed by atoms with Gasteiger partial charge in [-0.2, -0.15) is 0 Å². The van der Waals surface area contributed by atoms with E-state index in [1.54, 1.807) is 0 Å². The number of fused-ring (bicyclic) bond motifs is 2. The van der Waals surface area contributed by atoms with Gasteiger partial charge in [-0.1, -0.05) is 32.0 Å². The second kappa shape index (κ2) is 6.76. The highest BCUT2D eigenvalue weighted by atomic mass is 16.5. The van der Waals surface area contributed by atoms with Gasteiger partial charge in [0, 0.05) is 25.1 Å². The minimum atomic E-state index is -0.170. The first-order valence-corrected chi connectivity index (χ1v) is 9.36. The number of para-hydroxylation sites is 1. The summed E-state index contributed by atoms with van der Waals surface area (Å²) < 4.78 is 11.9. The number of rotatable bonds is 3. The Morgan fingerprint density at radius 2 is 2.08 bits per heavy atom. The lowest BCUT2D eigenvalue weighted by Gasteiger charge is -2.42. The topological polar surface area (TPSA) is 67.5 Å². The molecule has 2 aliphatic rings. The molecule has 3 heterocycles. The molecule has 26 heavy (non-hydrogen) atoms. The number of aromatic nitrogens is 2. The predicted molar refractivity (Wildman–Crippen MR) is 99.9 cm³/mol. The van der Waals surface area contributed by atoms with Crippen molar-refractivity contribution in [2.24, 2.45) is 0 Å². The Morgan fingerprint density at radius 1 is 1.27 bits per heavy atom. The van der Waals surface area contributed by atoms with E-state index in [0.29, 0.717) is 31.1 Å². The van der Waals surface area contributed by atoms with Crippen molar-refractivity contribution in [2.45, 2.75) is 45.3 Å². The average molecular weight is 355 g/mol. The van der Waals surface area contributed by atoms with Gasteiger partial charge in [0.05, 0.1) is 17.9 Å². The molecule has 1 fully saturated rings. The van der Waals surface area contributed by atoms with Crippen LogP contribution in [-0.2, 0) is 17.8 Å². The Bertz CT molecular complexity index is 858. The summed E-state index contributed by atoms with van der Waals surface area (Å²) in [6, 6.07) is 7.85. The van der Waals surface area contributed by atoms with E-state index in [4.69, 9.17) is 14.5 Å². The fourth-order valence-electron chi connectivity index (χ4n) is 3.81. The van der Waals surface area contributed by atoms with Gasteiger partial charge in [0.2, 0.25) is 5.95 Å². The summed E-state index contributed by atoms with van der Waals surface area (Å²) in [5.74, 6) is 1.45. The van der Waals surface area contributed by atoms with Crippen molar-refractivity contribution in [3.05, 3.63) is 51.4 Å². The molecule has 6 heteroatoms. The highest BCUT2D eigenvalue weighted by Gasteiger charge is 2.34. The molecular formula is C20H25N3O3. The van der Waals surface area contributed by atoms with Crippen LogP contribution in [0, 0.1) is 0 Å². The molecule has 1 aromatic heterocycles. The summed E-state index contributed by atoms with van der Waals surface area (Å²) in [6.07, 6.45) is 2.42. The molecule has 0 saturated carbocycles. The molecule has 0 radical (unpaired) electrons. The third kappa shape index (κ3) is 2.98. The number of nitrogens with one attached hydrogen (secondary N) is 1. The van der Waals surface area contributed by atoms with Gasteiger partial charge in [0.25, 0.3) is 5.56 Å². The normalized spacial score (nSPS) is 18.5. The van der Waals surface area contributed by atoms with Gasteiger partial charge in [-0.3, -0.25) is 9.78 Å². The molecule has 1 aromatic carbocycles. The van der Waals surface area contributed by atoms with Crippen LogP contribution in [0.4, 0.5) is 5.95 Å². The molecule has 0 bridgehead atoms. The molecule has 2 aromatic rings. The van der Waals surface area contributed by atoms with Crippen molar-refractivity contribution in [2.75, 3.05) is 24.6 Å². The predicted octanol–water partition coefficient (Wildman–Crippen LogP) is 2.65. The lowest BCUT2D eigenvalue weighted by atomic mass is 9.95. The van der Waals surface area contributed by atoms with Crippen LogP contribution in [0.15, 0.2) is 29.1 Å². The molecule has 6 nitrogen and oxygen atoms in total. The van der Waals surface area contributed by atoms with Crippen molar-refractivity contribution in [1.29, 1.82) is 0 Å². The lowest BCUT2D eigenvalue weighted by molar-refractivity contribution is -0.0609. The second-order valence-electron chi connectivity index (χ2n) is 7.05. The lowest BCUT2D eigenvalue weighted by Crippen LogP contribution is -2.52. The van der Waals surface area contributed by atoms with Crippen LogP contribution < -0.4 is 15.2 Å². The monoisotopic (exact) mass is 355 g/mol. The van der Waals surface area contributed by atoms with Gasteiger partial charge < -0.3 is 14.4 Å². The summed E-state index contributed by atoms with van der Waals surface area (Å²) in [5.41, 5.74) is 2.20. The first-order chi connectivity index (χ1) is 12.6. The van der Waals surface area contributed by atoms with Crippen LogP contribution in [0.3, 0.4) is 0 Å².